The highest BCUT2D eigenvalue weighted by atomic mass is 32.2. The van der Waals surface area contributed by atoms with Crippen molar-refractivity contribution in [3.63, 3.8) is 0 Å². The molecule has 0 spiro atoms. The Labute approximate surface area is 229 Å². The molecule has 4 aromatic rings. The van der Waals surface area contributed by atoms with Gasteiger partial charge in [-0.25, -0.2) is 24.5 Å². The third-order valence-corrected chi connectivity index (χ3v) is 6.63. The van der Waals surface area contributed by atoms with Crippen LogP contribution in [0.15, 0.2) is 73.3 Å². The number of imidazole rings is 1. The number of carbonyl (C=O) groups is 2. The van der Waals surface area contributed by atoms with Crippen molar-refractivity contribution in [3.8, 4) is 0 Å². The topological polar surface area (TPSA) is 172 Å². The first-order valence-corrected chi connectivity index (χ1v) is 14.0. The van der Waals surface area contributed by atoms with Gasteiger partial charge in [0.2, 0.25) is 0 Å². The van der Waals surface area contributed by atoms with E-state index in [1.54, 1.807) is 55.5 Å². The van der Waals surface area contributed by atoms with Gasteiger partial charge in [0.15, 0.2) is 29.9 Å². The minimum absolute atomic E-state index is 0.200. The number of ether oxygens (including phenoxy) is 3. The summed E-state index contributed by atoms with van der Waals surface area (Å²) in [5, 5.41) is 3.04. The molecule has 0 amide bonds. The minimum Gasteiger partial charge on any atom is -0.452 e. The fraction of sp³-hybridized carbons (Fsp3) is 0.269. The van der Waals surface area contributed by atoms with Crippen LogP contribution in [0.3, 0.4) is 0 Å². The first kappa shape index (κ1) is 27.2. The molecule has 2 aromatic heterocycles. The van der Waals surface area contributed by atoms with E-state index in [0.717, 1.165) is 6.26 Å². The number of nitrogens with one attached hydrogen (secondary N) is 2. The molecule has 0 aliphatic carbocycles. The normalized spacial score (nSPS) is 22.9. The molecule has 2 N–H and O–H groups in total. The molecule has 0 radical (unpaired) electrons. The highest BCUT2D eigenvalue weighted by Gasteiger charge is 2.51. The summed E-state index contributed by atoms with van der Waals surface area (Å²) in [7, 11) is -4.06. The van der Waals surface area contributed by atoms with Gasteiger partial charge in [-0.3, -0.25) is 4.18 Å². The zero-order valence-corrected chi connectivity index (χ0v) is 22.1. The lowest BCUT2D eigenvalue weighted by molar-refractivity contribution is -0.202. The summed E-state index contributed by atoms with van der Waals surface area (Å²) >= 11 is 0. The molecule has 5 rings (SSSR count). The van der Waals surface area contributed by atoms with Crippen molar-refractivity contribution in [2.75, 3.05) is 11.6 Å². The van der Waals surface area contributed by atoms with Crippen LogP contribution in [-0.2, 0) is 28.5 Å². The van der Waals surface area contributed by atoms with Gasteiger partial charge in [0.05, 0.1) is 29.8 Å². The summed E-state index contributed by atoms with van der Waals surface area (Å²) in [5.74, 6) is -1.31. The second-order valence-corrected chi connectivity index (χ2v) is 10.6. The van der Waals surface area contributed by atoms with Gasteiger partial charge in [-0.15, -0.1) is 0 Å². The molecule has 14 heteroatoms. The lowest BCUT2D eigenvalue weighted by Crippen LogP contribution is -2.62. The number of rotatable bonds is 8. The third kappa shape index (κ3) is 6.09. The van der Waals surface area contributed by atoms with E-state index in [1.807, 2.05) is 0 Å². The van der Waals surface area contributed by atoms with E-state index in [-0.39, 0.29) is 16.9 Å². The van der Waals surface area contributed by atoms with E-state index in [1.165, 1.54) is 24.8 Å². The molecule has 5 atom stereocenters. The van der Waals surface area contributed by atoms with Crippen molar-refractivity contribution in [3.05, 3.63) is 84.4 Å². The molecule has 1 fully saturated rings. The summed E-state index contributed by atoms with van der Waals surface area (Å²) in [6, 6.07) is 16.2. The average molecular weight is 568 g/mol. The van der Waals surface area contributed by atoms with Crippen molar-refractivity contribution in [1.82, 2.24) is 19.9 Å². The van der Waals surface area contributed by atoms with Crippen LogP contribution in [0.5, 0.6) is 0 Å². The van der Waals surface area contributed by atoms with E-state index in [2.05, 4.69) is 25.3 Å². The number of H-pyrrole nitrogens is 1. The summed E-state index contributed by atoms with van der Waals surface area (Å²) in [6.45, 7) is 1.55. The highest BCUT2D eigenvalue weighted by Crippen LogP contribution is 2.31. The molecule has 13 nitrogen and oxygen atoms in total. The molecule has 0 bridgehead atoms. The predicted molar refractivity (Wildman–Crippen MR) is 141 cm³/mol. The molecule has 2 aromatic carbocycles. The number of anilines is 1. The number of hydrogen-bond acceptors (Lipinski definition) is 12. The number of nitrogens with zero attached hydrogens (tertiary/aromatic N) is 3. The molecule has 40 heavy (non-hydrogen) atoms. The fourth-order valence-electron chi connectivity index (χ4n) is 4.26. The Kier molecular flexibility index (Phi) is 7.73. The lowest BCUT2D eigenvalue weighted by atomic mass is 9.98. The number of aromatic amines is 1. The number of hydrogen-bond donors (Lipinski definition) is 2. The SMILES string of the molecule is C[C@@H]1O[C@H](Nc2ncnc3[nH]cnc23)[C@@H](OC(=O)c2ccccc2)[C@H](OC(=O)c2ccccc2)[C@@H]1OS(C)(=O)=O. The largest absolute Gasteiger partial charge is 0.452 e. The van der Waals surface area contributed by atoms with Crippen LogP contribution in [0.2, 0.25) is 0 Å². The zero-order valence-electron chi connectivity index (χ0n) is 21.3. The van der Waals surface area contributed by atoms with Gasteiger partial charge in [0, 0.05) is 0 Å². The van der Waals surface area contributed by atoms with Crippen molar-refractivity contribution in [2.45, 2.75) is 37.6 Å². The molecule has 1 aliphatic rings. The van der Waals surface area contributed by atoms with Gasteiger partial charge in [0.25, 0.3) is 10.1 Å². The zero-order chi connectivity index (χ0) is 28.3. The number of aromatic nitrogens is 4. The second kappa shape index (κ2) is 11.4. The smallest absolute Gasteiger partial charge is 0.338 e. The van der Waals surface area contributed by atoms with Crippen LogP contribution in [0.4, 0.5) is 5.82 Å². The van der Waals surface area contributed by atoms with E-state index in [0.29, 0.717) is 11.2 Å². The van der Waals surface area contributed by atoms with Crippen LogP contribution >= 0.6 is 0 Å². The Bertz CT molecular complexity index is 1600. The molecule has 208 valence electrons. The van der Waals surface area contributed by atoms with Crippen LogP contribution in [-0.4, -0.2) is 77.2 Å². The summed E-state index contributed by atoms with van der Waals surface area (Å²) < 4.78 is 47.5. The predicted octanol–water partition coefficient (Wildman–Crippen LogP) is 2.31. The first-order valence-electron chi connectivity index (χ1n) is 12.2. The maximum atomic E-state index is 13.2. The van der Waals surface area contributed by atoms with Crippen LogP contribution < -0.4 is 5.32 Å². The fourth-order valence-corrected chi connectivity index (χ4v) is 4.93. The van der Waals surface area contributed by atoms with Gasteiger partial charge >= 0.3 is 11.9 Å². The highest BCUT2D eigenvalue weighted by molar-refractivity contribution is 7.86. The van der Waals surface area contributed by atoms with Crippen molar-refractivity contribution >= 4 is 39.0 Å². The Balaban J connectivity index is 1.55. The Morgan fingerprint density at radius 3 is 2.08 bits per heavy atom. The molecular weight excluding hydrogens is 542 g/mol. The van der Waals surface area contributed by atoms with Crippen molar-refractivity contribution < 1.29 is 36.4 Å². The summed E-state index contributed by atoms with van der Waals surface area (Å²) in [4.78, 5) is 41.8. The maximum Gasteiger partial charge on any atom is 0.338 e. The summed E-state index contributed by atoms with van der Waals surface area (Å²) in [6.07, 6.45) is -2.72. The molecule has 0 saturated carbocycles. The van der Waals surface area contributed by atoms with Crippen molar-refractivity contribution in [1.29, 1.82) is 0 Å². The van der Waals surface area contributed by atoms with Crippen molar-refractivity contribution in [2.24, 2.45) is 0 Å². The minimum atomic E-state index is -4.06. The van der Waals surface area contributed by atoms with Gasteiger partial charge < -0.3 is 24.5 Å². The van der Waals surface area contributed by atoms with E-state index < -0.39 is 52.7 Å². The third-order valence-electron chi connectivity index (χ3n) is 6.06. The standard InChI is InChI=1S/C26H25N5O8S/c1-15-19(39-40(2,34)35)20(37-25(32)16-9-5-3-6-10-16)21(38-26(33)17-11-7-4-8-12-17)24(36-15)31-23-18-22(28-13-27-18)29-14-30-23/h3-15,19-21,24H,1-2H3,(H2,27,28,29,30,31)/t15-,19+,20+,21-,24-/m0/s1. The van der Waals surface area contributed by atoms with Crippen LogP contribution in [0.25, 0.3) is 11.2 Å². The van der Waals surface area contributed by atoms with Gasteiger partial charge in [-0.2, -0.15) is 8.42 Å². The Hall–Kier alpha value is -4.40. The molecule has 1 saturated heterocycles. The summed E-state index contributed by atoms with van der Waals surface area (Å²) in [5.41, 5.74) is 1.22. The first-order chi connectivity index (χ1) is 19.2. The lowest BCUT2D eigenvalue weighted by Gasteiger charge is -2.44. The van der Waals surface area contributed by atoms with Gasteiger partial charge in [-0.05, 0) is 31.2 Å². The number of esters is 2. The molecular formula is C26H25N5O8S. The van der Waals surface area contributed by atoms with E-state index >= 15 is 0 Å². The average Bonchev–Trinajstić information content (AvgIpc) is 3.43. The monoisotopic (exact) mass is 567 g/mol. The Morgan fingerprint density at radius 1 is 0.875 bits per heavy atom. The Morgan fingerprint density at radius 2 is 1.48 bits per heavy atom. The van der Waals surface area contributed by atoms with E-state index in [9.17, 15) is 18.0 Å². The molecule has 3 heterocycles. The van der Waals surface area contributed by atoms with Crippen LogP contribution in [0, 0.1) is 0 Å². The quantitative estimate of drug-likeness (QED) is 0.235. The van der Waals surface area contributed by atoms with Gasteiger partial charge in [-0.1, -0.05) is 36.4 Å². The van der Waals surface area contributed by atoms with Crippen LogP contribution in [0.1, 0.15) is 27.6 Å². The van der Waals surface area contributed by atoms with E-state index in [4.69, 9.17) is 18.4 Å². The molecule has 0 unspecified atom stereocenters. The number of fused-ring (bicyclic) bond motifs is 1. The van der Waals surface area contributed by atoms with Gasteiger partial charge in [0.1, 0.15) is 17.9 Å². The number of benzene rings is 2. The number of carbonyl (C=O) groups excluding carboxylic acids is 2. The second-order valence-electron chi connectivity index (χ2n) is 8.97. The molecule has 1 aliphatic heterocycles. The maximum absolute atomic E-state index is 13.2.